The molecule has 0 amide bonds. The summed E-state index contributed by atoms with van der Waals surface area (Å²) in [6.45, 7) is 0. The van der Waals surface area contributed by atoms with Gasteiger partial charge in [-0.2, -0.15) is 0 Å². The van der Waals surface area contributed by atoms with Gasteiger partial charge >= 0.3 is 0 Å². The first-order chi connectivity index (χ1) is 20.8. The van der Waals surface area contributed by atoms with E-state index in [2.05, 4.69) is 152 Å². The third-order valence-electron chi connectivity index (χ3n) is 7.40. The summed E-state index contributed by atoms with van der Waals surface area (Å²) in [5, 5.41) is 0. The fourth-order valence-corrected chi connectivity index (χ4v) is 5.22. The van der Waals surface area contributed by atoms with Gasteiger partial charge in [-0.25, -0.2) is 0 Å². The van der Waals surface area contributed by atoms with Gasteiger partial charge in [0.2, 0.25) is 0 Å². The first-order valence-electron chi connectivity index (χ1n) is 14.1. The Hall–Kier alpha value is -5.53. The van der Waals surface area contributed by atoms with Gasteiger partial charge in [-0.15, -0.1) is 0 Å². The first-order valence-corrected chi connectivity index (χ1v) is 14.1. The van der Waals surface area contributed by atoms with Crippen molar-refractivity contribution >= 4 is 29.6 Å². The van der Waals surface area contributed by atoms with Gasteiger partial charge in [0.15, 0.2) is 0 Å². The van der Waals surface area contributed by atoms with Crippen LogP contribution in [-0.4, -0.2) is 6.29 Å². The molecule has 1 heteroatoms. The molecule has 6 aromatic carbocycles. The van der Waals surface area contributed by atoms with Gasteiger partial charge in [0.1, 0.15) is 6.29 Å². The number of rotatable bonds is 8. The van der Waals surface area contributed by atoms with E-state index in [1.807, 2.05) is 24.3 Å². The van der Waals surface area contributed by atoms with Crippen molar-refractivity contribution in [2.24, 2.45) is 0 Å². The Kier molecular flexibility index (Phi) is 8.11. The molecule has 0 aliphatic rings. The lowest BCUT2D eigenvalue weighted by Gasteiger charge is -2.18. The molecule has 42 heavy (non-hydrogen) atoms. The Morgan fingerprint density at radius 2 is 0.643 bits per heavy atom. The highest BCUT2D eigenvalue weighted by molar-refractivity contribution is 6.04. The zero-order chi connectivity index (χ0) is 28.6. The lowest BCUT2D eigenvalue weighted by Crippen LogP contribution is -1.97. The van der Waals surface area contributed by atoms with Crippen LogP contribution in [-0.2, 0) is 0 Å². The summed E-state index contributed by atoms with van der Waals surface area (Å²) in [4.78, 5) is 10.9. The second-order valence-electron chi connectivity index (χ2n) is 10.2. The van der Waals surface area contributed by atoms with Gasteiger partial charge in [-0.05, 0) is 55.7 Å². The van der Waals surface area contributed by atoms with E-state index in [-0.39, 0.29) is 0 Å². The van der Waals surface area contributed by atoms with Crippen molar-refractivity contribution in [1.82, 2.24) is 0 Å². The van der Waals surface area contributed by atoms with Gasteiger partial charge in [-0.1, -0.05) is 176 Å². The summed E-state index contributed by atoms with van der Waals surface area (Å²) < 4.78 is 0. The fourth-order valence-electron chi connectivity index (χ4n) is 5.22. The zero-order valence-corrected chi connectivity index (χ0v) is 23.2. The van der Waals surface area contributed by atoms with Crippen LogP contribution >= 0.6 is 0 Å². The Labute approximate surface area is 247 Å². The van der Waals surface area contributed by atoms with E-state index < -0.39 is 0 Å². The molecule has 0 aromatic heterocycles. The van der Waals surface area contributed by atoms with Crippen LogP contribution in [0.4, 0.5) is 0 Å². The van der Waals surface area contributed by atoms with Crippen molar-refractivity contribution in [3.63, 3.8) is 0 Å². The quantitative estimate of drug-likeness (QED) is 0.139. The molecule has 0 saturated carbocycles. The van der Waals surface area contributed by atoms with Crippen molar-refractivity contribution in [3.8, 4) is 11.1 Å². The normalized spacial score (nSPS) is 10.9. The summed E-state index contributed by atoms with van der Waals surface area (Å²) in [6.07, 6.45) is 5.02. The molecule has 0 bridgehead atoms. The van der Waals surface area contributed by atoms with Crippen molar-refractivity contribution < 1.29 is 4.79 Å². The van der Waals surface area contributed by atoms with E-state index in [0.29, 0.717) is 5.56 Å². The molecule has 0 spiro atoms. The molecular weight excluding hydrogens is 508 g/mol. The second-order valence-corrected chi connectivity index (χ2v) is 10.2. The van der Waals surface area contributed by atoms with Gasteiger partial charge in [-0.3, -0.25) is 4.79 Å². The molecule has 1 nitrogen and oxygen atoms in total. The lowest BCUT2D eigenvalue weighted by molar-refractivity contribution is 0.112. The summed E-state index contributed by atoms with van der Waals surface area (Å²) in [5.41, 5.74) is 12.4. The average molecular weight is 539 g/mol. The van der Waals surface area contributed by atoms with E-state index in [1.165, 1.54) is 44.5 Å². The van der Waals surface area contributed by atoms with Crippen LogP contribution in [0.5, 0.6) is 0 Å². The SMILES string of the molecule is O=Cc1ccc(/C=C/c2ccc(-c3ccc(C(=C(c4ccccc4)c4ccccc4)c4ccccc4)cc3)cc2)cc1. The summed E-state index contributed by atoms with van der Waals surface area (Å²) in [5.74, 6) is 0. The molecule has 200 valence electrons. The molecule has 0 aliphatic heterocycles. The Morgan fingerprint density at radius 3 is 1.02 bits per heavy atom. The number of hydrogen-bond acceptors (Lipinski definition) is 1. The van der Waals surface area contributed by atoms with Crippen molar-refractivity contribution in [2.45, 2.75) is 0 Å². The number of aldehydes is 1. The molecule has 0 fully saturated rings. The second kappa shape index (κ2) is 12.8. The lowest BCUT2D eigenvalue weighted by atomic mass is 9.85. The summed E-state index contributed by atoms with van der Waals surface area (Å²) in [6, 6.07) is 57.0. The monoisotopic (exact) mass is 538 g/mol. The molecular formula is C41H30O. The summed E-state index contributed by atoms with van der Waals surface area (Å²) in [7, 11) is 0. The van der Waals surface area contributed by atoms with Gasteiger partial charge in [0.05, 0.1) is 0 Å². The molecule has 6 rings (SSSR count). The van der Waals surface area contributed by atoms with Crippen LogP contribution in [0.25, 0.3) is 34.4 Å². The smallest absolute Gasteiger partial charge is 0.150 e. The molecule has 0 saturated heterocycles. The topological polar surface area (TPSA) is 17.1 Å². The van der Waals surface area contributed by atoms with Crippen LogP contribution in [0, 0.1) is 0 Å². The van der Waals surface area contributed by atoms with Crippen LogP contribution in [0.15, 0.2) is 164 Å². The number of carbonyl (C=O) groups excluding carboxylic acids is 1. The van der Waals surface area contributed by atoms with E-state index in [0.717, 1.165) is 17.4 Å². The predicted molar refractivity (Wildman–Crippen MR) is 177 cm³/mol. The van der Waals surface area contributed by atoms with E-state index in [4.69, 9.17) is 0 Å². The van der Waals surface area contributed by atoms with Crippen LogP contribution in [0.1, 0.15) is 43.7 Å². The maximum absolute atomic E-state index is 10.9. The molecule has 0 unspecified atom stereocenters. The highest BCUT2D eigenvalue weighted by atomic mass is 16.1. The third-order valence-corrected chi connectivity index (χ3v) is 7.40. The molecule has 0 aliphatic carbocycles. The van der Waals surface area contributed by atoms with Gasteiger partial charge in [0.25, 0.3) is 0 Å². The molecule has 0 atom stereocenters. The van der Waals surface area contributed by atoms with Crippen molar-refractivity contribution in [2.75, 3.05) is 0 Å². The molecule has 0 N–H and O–H groups in total. The zero-order valence-electron chi connectivity index (χ0n) is 23.2. The number of carbonyl (C=O) groups is 1. The number of benzene rings is 6. The maximum atomic E-state index is 10.9. The standard InChI is InChI=1S/C41H30O/c42-30-33-20-18-31(19-21-33)16-17-32-22-24-34(25-23-32)35-26-28-39(29-27-35)41(38-14-8-3-9-15-38)40(36-10-4-1-5-11-36)37-12-6-2-7-13-37/h1-30H/b17-16+. The Balaban J connectivity index is 1.35. The maximum Gasteiger partial charge on any atom is 0.150 e. The highest BCUT2D eigenvalue weighted by Crippen LogP contribution is 2.37. The first kappa shape index (κ1) is 26.7. The van der Waals surface area contributed by atoms with E-state index in [1.54, 1.807) is 0 Å². The van der Waals surface area contributed by atoms with Crippen LogP contribution < -0.4 is 0 Å². The molecule has 0 radical (unpaired) electrons. The Morgan fingerprint density at radius 1 is 0.333 bits per heavy atom. The minimum absolute atomic E-state index is 0.685. The van der Waals surface area contributed by atoms with Crippen molar-refractivity contribution in [1.29, 1.82) is 0 Å². The van der Waals surface area contributed by atoms with Crippen LogP contribution in [0.3, 0.4) is 0 Å². The largest absolute Gasteiger partial charge is 0.298 e. The third kappa shape index (κ3) is 6.11. The highest BCUT2D eigenvalue weighted by Gasteiger charge is 2.16. The van der Waals surface area contributed by atoms with E-state index >= 15 is 0 Å². The van der Waals surface area contributed by atoms with E-state index in [9.17, 15) is 4.79 Å². The minimum Gasteiger partial charge on any atom is -0.298 e. The number of hydrogen-bond donors (Lipinski definition) is 0. The minimum atomic E-state index is 0.685. The fraction of sp³-hybridized carbons (Fsp3) is 0. The Bertz CT molecular complexity index is 1770. The predicted octanol–water partition coefficient (Wildman–Crippen LogP) is 10.3. The van der Waals surface area contributed by atoms with Crippen LogP contribution in [0.2, 0.25) is 0 Å². The summed E-state index contributed by atoms with van der Waals surface area (Å²) >= 11 is 0. The molecule has 0 heterocycles. The van der Waals surface area contributed by atoms with Crippen molar-refractivity contribution in [3.05, 3.63) is 203 Å². The van der Waals surface area contributed by atoms with Gasteiger partial charge in [0, 0.05) is 5.56 Å². The average Bonchev–Trinajstić information content (AvgIpc) is 3.08. The van der Waals surface area contributed by atoms with Gasteiger partial charge < -0.3 is 0 Å². The molecule has 6 aromatic rings.